The lowest BCUT2D eigenvalue weighted by molar-refractivity contribution is 0.100. The molecule has 4 heteroatoms. The zero-order valence-electron chi connectivity index (χ0n) is 12.4. The molecule has 0 aliphatic carbocycles. The lowest BCUT2D eigenvalue weighted by Gasteiger charge is -2.40. The summed E-state index contributed by atoms with van der Waals surface area (Å²) in [5, 5.41) is 1.18. The summed E-state index contributed by atoms with van der Waals surface area (Å²) >= 11 is 12.4. The van der Waals surface area contributed by atoms with Crippen LogP contribution in [0.4, 0.5) is 0 Å². The van der Waals surface area contributed by atoms with Crippen molar-refractivity contribution in [1.82, 2.24) is 4.90 Å². The maximum atomic E-state index is 6.32. The SMILES string of the molecule is CC(N(C)C(CN)c1cccc(Cl)c1Cl)C(C)(C)C. The predicted octanol–water partition coefficient (Wildman–Crippen LogP) is 4.36. The van der Waals surface area contributed by atoms with Gasteiger partial charge in [-0.05, 0) is 31.0 Å². The monoisotopic (exact) mass is 302 g/mol. The van der Waals surface area contributed by atoms with E-state index in [0.717, 1.165) is 5.56 Å². The predicted molar refractivity (Wildman–Crippen MR) is 84.9 cm³/mol. The number of nitrogens with two attached hydrogens (primary N) is 1. The summed E-state index contributed by atoms with van der Waals surface area (Å²) in [6, 6.07) is 6.16. The van der Waals surface area contributed by atoms with Crippen molar-refractivity contribution in [2.45, 2.75) is 39.8 Å². The van der Waals surface area contributed by atoms with Crippen LogP contribution in [0.1, 0.15) is 39.3 Å². The number of hydrogen-bond donors (Lipinski definition) is 1. The zero-order chi connectivity index (χ0) is 14.8. The van der Waals surface area contributed by atoms with E-state index in [-0.39, 0.29) is 11.5 Å². The van der Waals surface area contributed by atoms with Gasteiger partial charge >= 0.3 is 0 Å². The highest BCUT2D eigenvalue weighted by Crippen LogP contribution is 2.35. The van der Waals surface area contributed by atoms with Crippen LogP contribution in [0.3, 0.4) is 0 Å². The Labute approximate surface area is 126 Å². The van der Waals surface area contributed by atoms with Gasteiger partial charge in [0.25, 0.3) is 0 Å². The second-order valence-corrected chi connectivity index (χ2v) is 6.89. The van der Waals surface area contributed by atoms with Crippen molar-refractivity contribution in [2.24, 2.45) is 11.1 Å². The van der Waals surface area contributed by atoms with Gasteiger partial charge in [-0.15, -0.1) is 0 Å². The van der Waals surface area contributed by atoms with Gasteiger partial charge in [-0.25, -0.2) is 0 Å². The Morgan fingerprint density at radius 2 is 1.84 bits per heavy atom. The Morgan fingerprint density at radius 1 is 1.26 bits per heavy atom. The Kier molecular flexibility index (Phi) is 5.69. The number of rotatable bonds is 4. The third-order valence-corrected chi connectivity index (χ3v) is 4.75. The highest BCUT2D eigenvalue weighted by Gasteiger charge is 2.29. The van der Waals surface area contributed by atoms with Crippen LogP contribution >= 0.6 is 23.2 Å². The molecule has 0 aliphatic rings. The maximum Gasteiger partial charge on any atom is 0.0640 e. The molecule has 0 saturated heterocycles. The third-order valence-electron chi connectivity index (χ3n) is 3.92. The molecule has 2 nitrogen and oxygen atoms in total. The number of likely N-dealkylation sites (N-methyl/N-ethyl adjacent to an activating group) is 1. The molecule has 0 saturated carbocycles. The van der Waals surface area contributed by atoms with Crippen molar-refractivity contribution in [1.29, 1.82) is 0 Å². The first-order valence-electron chi connectivity index (χ1n) is 6.56. The highest BCUT2D eigenvalue weighted by atomic mass is 35.5. The fourth-order valence-corrected chi connectivity index (χ4v) is 2.61. The van der Waals surface area contributed by atoms with Crippen LogP contribution in [0.2, 0.25) is 10.0 Å². The molecule has 2 unspecified atom stereocenters. The summed E-state index contributed by atoms with van der Waals surface area (Å²) in [7, 11) is 2.09. The van der Waals surface area contributed by atoms with Crippen LogP contribution in [-0.4, -0.2) is 24.5 Å². The van der Waals surface area contributed by atoms with E-state index in [2.05, 4.69) is 39.6 Å². The van der Waals surface area contributed by atoms with E-state index >= 15 is 0 Å². The van der Waals surface area contributed by atoms with E-state index in [4.69, 9.17) is 28.9 Å². The number of nitrogens with zero attached hydrogens (tertiary/aromatic N) is 1. The van der Waals surface area contributed by atoms with Gasteiger partial charge in [0, 0.05) is 18.6 Å². The fraction of sp³-hybridized carbons (Fsp3) is 0.600. The molecule has 0 fully saturated rings. The fourth-order valence-electron chi connectivity index (χ4n) is 2.17. The van der Waals surface area contributed by atoms with Crippen molar-refractivity contribution in [3.63, 3.8) is 0 Å². The smallest absolute Gasteiger partial charge is 0.0640 e. The average molecular weight is 303 g/mol. The quantitative estimate of drug-likeness (QED) is 0.895. The molecule has 19 heavy (non-hydrogen) atoms. The van der Waals surface area contributed by atoms with Gasteiger partial charge in [0.2, 0.25) is 0 Å². The van der Waals surface area contributed by atoms with Crippen LogP contribution < -0.4 is 5.73 Å². The molecule has 0 bridgehead atoms. The van der Waals surface area contributed by atoms with Gasteiger partial charge < -0.3 is 5.73 Å². The Balaban J connectivity index is 3.10. The Hall–Kier alpha value is -0.280. The van der Waals surface area contributed by atoms with Crippen LogP contribution in [0.25, 0.3) is 0 Å². The van der Waals surface area contributed by atoms with Crippen LogP contribution in [-0.2, 0) is 0 Å². The summed E-state index contributed by atoms with van der Waals surface area (Å²) in [6.07, 6.45) is 0. The summed E-state index contributed by atoms with van der Waals surface area (Å²) < 4.78 is 0. The van der Waals surface area contributed by atoms with E-state index in [9.17, 15) is 0 Å². The van der Waals surface area contributed by atoms with Gasteiger partial charge in [-0.1, -0.05) is 56.1 Å². The molecule has 1 aromatic rings. The van der Waals surface area contributed by atoms with Crippen LogP contribution in [0.15, 0.2) is 18.2 Å². The summed E-state index contributed by atoms with van der Waals surface area (Å²) in [6.45, 7) is 9.39. The van der Waals surface area contributed by atoms with E-state index in [1.807, 2.05) is 12.1 Å². The molecule has 0 heterocycles. The second kappa shape index (κ2) is 6.45. The Morgan fingerprint density at radius 3 is 2.32 bits per heavy atom. The first kappa shape index (κ1) is 16.8. The van der Waals surface area contributed by atoms with E-state index in [0.29, 0.717) is 22.6 Å². The van der Waals surface area contributed by atoms with Crippen molar-refractivity contribution >= 4 is 23.2 Å². The van der Waals surface area contributed by atoms with Crippen molar-refractivity contribution in [3.05, 3.63) is 33.8 Å². The highest BCUT2D eigenvalue weighted by molar-refractivity contribution is 6.42. The lowest BCUT2D eigenvalue weighted by atomic mass is 9.86. The molecule has 2 atom stereocenters. The van der Waals surface area contributed by atoms with Crippen LogP contribution in [0.5, 0.6) is 0 Å². The average Bonchev–Trinajstić information content (AvgIpc) is 2.33. The molecule has 0 aliphatic heterocycles. The van der Waals surface area contributed by atoms with E-state index in [1.165, 1.54) is 0 Å². The first-order valence-corrected chi connectivity index (χ1v) is 7.31. The molecule has 1 aromatic carbocycles. The van der Waals surface area contributed by atoms with Gasteiger partial charge in [0.1, 0.15) is 0 Å². The molecule has 108 valence electrons. The van der Waals surface area contributed by atoms with Crippen molar-refractivity contribution in [2.75, 3.05) is 13.6 Å². The largest absolute Gasteiger partial charge is 0.329 e. The summed E-state index contributed by atoms with van der Waals surface area (Å²) in [4.78, 5) is 2.28. The molecular formula is C15H24Cl2N2. The van der Waals surface area contributed by atoms with Gasteiger partial charge in [-0.3, -0.25) is 4.90 Å². The van der Waals surface area contributed by atoms with Gasteiger partial charge in [0.15, 0.2) is 0 Å². The molecule has 0 aromatic heterocycles. The summed E-state index contributed by atoms with van der Waals surface area (Å²) in [5.74, 6) is 0. The first-order chi connectivity index (χ1) is 8.70. The molecular weight excluding hydrogens is 279 g/mol. The topological polar surface area (TPSA) is 29.3 Å². The summed E-state index contributed by atoms with van der Waals surface area (Å²) in [5.41, 5.74) is 7.13. The van der Waals surface area contributed by atoms with Crippen molar-refractivity contribution < 1.29 is 0 Å². The minimum atomic E-state index is 0.0698. The molecule has 0 spiro atoms. The lowest BCUT2D eigenvalue weighted by Crippen LogP contribution is -2.43. The normalized spacial score (nSPS) is 15.6. The van der Waals surface area contributed by atoms with Crippen LogP contribution in [0, 0.1) is 5.41 Å². The zero-order valence-corrected chi connectivity index (χ0v) is 13.9. The molecule has 0 amide bonds. The number of hydrogen-bond acceptors (Lipinski definition) is 2. The minimum Gasteiger partial charge on any atom is -0.329 e. The van der Waals surface area contributed by atoms with E-state index in [1.54, 1.807) is 6.07 Å². The second-order valence-electron chi connectivity index (χ2n) is 6.10. The van der Waals surface area contributed by atoms with E-state index < -0.39 is 0 Å². The molecule has 2 N–H and O–H groups in total. The number of halogens is 2. The Bertz CT molecular complexity index is 427. The maximum absolute atomic E-state index is 6.32. The molecule has 0 radical (unpaired) electrons. The van der Waals surface area contributed by atoms with Crippen molar-refractivity contribution in [3.8, 4) is 0 Å². The minimum absolute atomic E-state index is 0.0698. The number of benzene rings is 1. The molecule has 1 rings (SSSR count). The third kappa shape index (κ3) is 3.85. The van der Waals surface area contributed by atoms with Gasteiger partial charge in [0.05, 0.1) is 10.0 Å². The standard InChI is InChI=1S/C15H24Cl2N2/c1-10(15(2,3)4)19(5)13(9-18)11-7-6-8-12(16)14(11)17/h6-8,10,13H,9,18H2,1-5H3. The van der Waals surface area contributed by atoms with Gasteiger partial charge in [-0.2, -0.15) is 0 Å².